The lowest BCUT2D eigenvalue weighted by atomic mass is 10.1. The number of hydrogen-bond acceptors (Lipinski definition) is 3. The molecule has 0 spiro atoms. The highest BCUT2D eigenvalue weighted by molar-refractivity contribution is 7.71. The molecule has 0 amide bonds. The lowest BCUT2D eigenvalue weighted by Crippen LogP contribution is -2.02. The minimum absolute atomic E-state index is 0.563. The smallest absolute Gasteiger partial charge is 0.200 e. The summed E-state index contributed by atoms with van der Waals surface area (Å²) in [5, 5.41) is 13.8. The van der Waals surface area contributed by atoms with Crippen LogP contribution in [0.1, 0.15) is 0 Å². The molecule has 0 bridgehead atoms. The molecule has 22 heavy (non-hydrogen) atoms. The van der Waals surface area contributed by atoms with Gasteiger partial charge in [-0.15, -0.1) is 0 Å². The molecular formula is C16H13N5S. The van der Waals surface area contributed by atoms with E-state index in [1.54, 1.807) is 10.9 Å². The number of rotatable bonds is 2. The third-order valence-corrected chi connectivity index (χ3v) is 4.00. The maximum absolute atomic E-state index is 5.45. The van der Waals surface area contributed by atoms with Gasteiger partial charge in [0, 0.05) is 18.6 Å². The van der Waals surface area contributed by atoms with Gasteiger partial charge in [0.15, 0.2) is 10.6 Å². The fraction of sp³-hybridized carbons (Fsp3) is 0.0625. The van der Waals surface area contributed by atoms with E-state index in [4.69, 9.17) is 12.2 Å². The number of benzene rings is 2. The van der Waals surface area contributed by atoms with Crippen molar-refractivity contribution in [1.29, 1.82) is 0 Å². The second-order valence-corrected chi connectivity index (χ2v) is 5.41. The molecule has 5 nitrogen and oxygen atoms in total. The number of nitrogens with one attached hydrogen (secondary N) is 1. The lowest BCUT2D eigenvalue weighted by molar-refractivity contribution is 0.767. The van der Waals surface area contributed by atoms with Gasteiger partial charge in [-0.3, -0.25) is 14.3 Å². The molecule has 0 saturated heterocycles. The molecule has 0 fully saturated rings. The zero-order valence-electron chi connectivity index (χ0n) is 11.9. The molecule has 0 aliphatic carbocycles. The number of hydrogen-bond donors (Lipinski definition) is 1. The Morgan fingerprint density at radius 2 is 1.86 bits per heavy atom. The highest BCUT2D eigenvalue weighted by Gasteiger charge is 2.15. The number of H-pyrrole nitrogens is 1. The van der Waals surface area contributed by atoms with Gasteiger partial charge >= 0.3 is 0 Å². The number of aromatic amines is 1. The molecule has 0 aliphatic rings. The Bertz CT molecular complexity index is 1020. The molecule has 0 unspecified atom stereocenters. The summed E-state index contributed by atoms with van der Waals surface area (Å²) >= 11 is 5.45. The predicted octanol–water partition coefficient (Wildman–Crippen LogP) is 3.48. The van der Waals surface area contributed by atoms with Crippen molar-refractivity contribution in [2.45, 2.75) is 0 Å². The van der Waals surface area contributed by atoms with Gasteiger partial charge in [0.05, 0.1) is 5.69 Å². The van der Waals surface area contributed by atoms with E-state index < -0.39 is 0 Å². The van der Waals surface area contributed by atoms with E-state index in [0.717, 1.165) is 22.6 Å². The van der Waals surface area contributed by atoms with Crippen molar-refractivity contribution in [2.75, 3.05) is 0 Å². The van der Waals surface area contributed by atoms with E-state index >= 15 is 0 Å². The van der Waals surface area contributed by atoms with Crippen LogP contribution in [0.5, 0.6) is 0 Å². The van der Waals surface area contributed by atoms with Gasteiger partial charge in [0.1, 0.15) is 5.69 Å². The third kappa shape index (κ3) is 1.88. The van der Waals surface area contributed by atoms with Gasteiger partial charge in [-0.05, 0) is 29.7 Å². The van der Waals surface area contributed by atoms with Crippen LogP contribution in [0, 0.1) is 4.77 Å². The Labute approximate surface area is 131 Å². The number of nitrogens with zero attached hydrogens (tertiary/aromatic N) is 4. The summed E-state index contributed by atoms with van der Waals surface area (Å²) in [5.41, 5.74) is 1.91. The van der Waals surface area contributed by atoms with Gasteiger partial charge in [0.2, 0.25) is 0 Å². The van der Waals surface area contributed by atoms with Crippen LogP contribution in [0.25, 0.3) is 28.0 Å². The molecule has 1 N–H and O–H groups in total. The molecule has 6 heteroatoms. The van der Waals surface area contributed by atoms with Gasteiger partial charge in [-0.2, -0.15) is 10.2 Å². The van der Waals surface area contributed by atoms with Crippen molar-refractivity contribution in [3.05, 3.63) is 59.5 Å². The average Bonchev–Trinajstić information content (AvgIpc) is 3.12. The van der Waals surface area contributed by atoms with Crippen molar-refractivity contribution in [3.8, 4) is 17.2 Å². The van der Waals surface area contributed by atoms with E-state index in [1.165, 1.54) is 5.39 Å². The largest absolute Gasteiger partial charge is 0.266 e. The summed E-state index contributed by atoms with van der Waals surface area (Å²) < 4.78 is 4.30. The van der Waals surface area contributed by atoms with E-state index in [2.05, 4.69) is 33.5 Å². The van der Waals surface area contributed by atoms with Crippen LogP contribution in [0.4, 0.5) is 0 Å². The lowest BCUT2D eigenvalue weighted by Gasteiger charge is -2.10. The highest BCUT2D eigenvalue weighted by atomic mass is 32.1. The first-order chi connectivity index (χ1) is 10.8. The van der Waals surface area contributed by atoms with Crippen molar-refractivity contribution < 1.29 is 0 Å². The van der Waals surface area contributed by atoms with Crippen LogP contribution in [-0.4, -0.2) is 24.5 Å². The summed E-state index contributed by atoms with van der Waals surface area (Å²) in [4.78, 5) is 0. The molecule has 2 heterocycles. The zero-order chi connectivity index (χ0) is 15.1. The summed E-state index contributed by atoms with van der Waals surface area (Å²) in [7, 11) is 1.89. The Hall–Kier alpha value is -2.73. The molecule has 0 radical (unpaired) electrons. The van der Waals surface area contributed by atoms with Gasteiger partial charge in [0.25, 0.3) is 0 Å². The quantitative estimate of drug-likeness (QED) is 0.577. The molecule has 0 atom stereocenters. The minimum atomic E-state index is 0.563. The van der Waals surface area contributed by atoms with Crippen molar-refractivity contribution in [2.24, 2.45) is 7.05 Å². The van der Waals surface area contributed by atoms with Crippen LogP contribution in [0.2, 0.25) is 0 Å². The first-order valence-electron chi connectivity index (χ1n) is 6.89. The molecule has 2 aromatic carbocycles. The zero-order valence-corrected chi connectivity index (χ0v) is 12.7. The third-order valence-electron chi connectivity index (χ3n) is 3.73. The fourth-order valence-corrected chi connectivity index (χ4v) is 2.92. The monoisotopic (exact) mass is 307 g/mol. The van der Waals surface area contributed by atoms with Crippen molar-refractivity contribution in [1.82, 2.24) is 24.5 Å². The van der Waals surface area contributed by atoms with Crippen LogP contribution >= 0.6 is 12.2 Å². The van der Waals surface area contributed by atoms with Crippen LogP contribution < -0.4 is 0 Å². The van der Waals surface area contributed by atoms with E-state index in [9.17, 15) is 0 Å². The summed E-state index contributed by atoms with van der Waals surface area (Å²) in [5.74, 6) is 0.751. The molecule has 4 aromatic rings. The Morgan fingerprint density at radius 1 is 1.05 bits per heavy atom. The topological polar surface area (TPSA) is 51.4 Å². The molecular weight excluding hydrogens is 294 g/mol. The molecule has 2 aromatic heterocycles. The standard InChI is InChI=1S/C16H13N5S/c1-20-14(9-10-17-20)15-18-19-16(22)21(15)13-8-4-6-11-5-2-3-7-12(11)13/h2-10H,1H3,(H,19,22). The number of aryl methyl sites for hydroxylation is 1. The Kier molecular flexibility index (Phi) is 2.90. The van der Waals surface area contributed by atoms with E-state index in [-0.39, 0.29) is 0 Å². The van der Waals surface area contributed by atoms with Gasteiger partial charge < -0.3 is 0 Å². The minimum Gasteiger partial charge on any atom is -0.266 e. The Morgan fingerprint density at radius 3 is 2.68 bits per heavy atom. The summed E-state index contributed by atoms with van der Waals surface area (Å²) in [6, 6.07) is 16.3. The first kappa shape index (κ1) is 13.0. The average molecular weight is 307 g/mol. The van der Waals surface area contributed by atoms with E-state index in [1.807, 2.05) is 41.9 Å². The van der Waals surface area contributed by atoms with Crippen LogP contribution in [0.3, 0.4) is 0 Å². The fourth-order valence-electron chi connectivity index (χ4n) is 2.69. The van der Waals surface area contributed by atoms with Crippen LogP contribution in [-0.2, 0) is 7.05 Å². The summed E-state index contributed by atoms with van der Waals surface area (Å²) in [6.45, 7) is 0. The van der Waals surface area contributed by atoms with E-state index in [0.29, 0.717) is 4.77 Å². The maximum Gasteiger partial charge on any atom is 0.200 e. The number of fused-ring (bicyclic) bond motifs is 1. The Balaban J connectivity index is 2.06. The number of aromatic nitrogens is 5. The molecule has 0 saturated carbocycles. The summed E-state index contributed by atoms with van der Waals surface area (Å²) in [6.07, 6.45) is 1.75. The SMILES string of the molecule is Cn1nccc1-c1n[nH]c(=S)n1-c1cccc2ccccc12. The van der Waals surface area contributed by atoms with Crippen LogP contribution in [0.15, 0.2) is 54.7 Å². The predicted molar refractivity (Wildman–Crippen MR) is 88.5 cm³/mol. The first-order valence-corrected chi connectivity index (χ1v) is 7.30. The van der Waals surface area contributed by atoms with Crippen molar-refractivity contribution in [3.63, 3.8) is 0 Å². The van der Waals surface area contributed by atoms with Crippen molar-refractivity contribution >= 4 is 23.0 Å². The van der Waals surface area contributed by atoms with Gasteiger partial charge in [-0.1, -0.05) is 36.4 Å². The molecule has 0 aliphatic heterocycles. The maximum atomic E-state index is 5.45. The normalized spacial score (nSPS) is 11.1. The molecule has 108 valence electrons. The molecule has 4 rings (SSSR count). The highest BCUT2D eigenvalue weighted by Crippen LogP contribution is 2.26. The van der Waals surface area contributed by atoms with Gasteiger partial charge in [-0.25, -0.2) is 0 Å². The second kappa shape index (κ2) is 4.92. The second-order valence-electron chi connectivity index (χ2n) is 5.03.